The lowest BCUT2D eigenvalue weighted by molar-refractivity contribution is 0.580. The Kier molecular flexibility index (Phi) is 1.99. The highest BCUT2D eigenvalue weighted by Gasteiger charge is 2.20. The summed E-state index contributed by atoms with van der Waals surface area (Å²) < 4.78 is 22.6. The fourth-order valence-electron chi connectivity index (χ4n) is 0.630. The maximum Gasteiger partial charge on any atom is 0.225 e. The first-order valence-corrected chi connectivity index (χ1v) is 4.83. The molecular weight excluding hydrogens is 164 g/mol. The summed E-state index contributed by atoms with van der Waals surface area (Å²) in [7, 11) is -3.20. The van der Waals surface area contributed by atoms with Crippen LogP contribution in [0.1, 0.15) is 13.8 Å². The van der Waals surface area contributed by atoms with Crippen LogP contribution in [0.3, 0.4) is 0 Å². The van der Waals surface area contributed by atoms with Crippen LogP contribution in [0.25, 0.3) is 0 Å². The summed E-state index contributed by atoms with van der Waals surface area (Å²) in [5, 5.41) is -0.374. The van der Waals surface area contributed by atoms with Crippen molar-refractivity contribution >= 4 is 9.84 Å². The standard InChI is InChI=1S/C6H10N2O2S/c1-5(2)11(9,10)6-7-3-4-8-6/h3-5H,1-2H3,(H,7,8). The van der Waals surface area contributed by atoms with Crippen LogP contribution in [0.4, 0.5) is 0 Å². The van der Waals surface area contributed by atoms with Gasteiger partial charge in [-0.15, -0.1) is 0 Å². The average Bonchev–Trinajstić information content (AvgIpc) is 2.37. The van der Waals surface area contributed by atoms with E-state index >= 15 is 0 Å². The van der Waals surface area contributed by atoms with Gasteiger partial charge in [0, 0.05) is 12.4 Å². The van der Waals surface area contributed by atoms with E-state index in [0.29, 0.717) is 0 Å². The maximum absolute atomic E-state index is 11.3. The van der Waals surface area contributed by atoms with E-state index in [2.05, 4.69) is 9.97 Å². The van der Waals surface area contributed by atoms with Crippen molar-refractivity contribution in [2.75, 3.05) is 0 Å². The number of hydrogen-bond acceptors (Lipinski definition) is 3. The summed E-state index contributed by atoms with van der Waals surface area (Å²) in [6, 6.07) is 0. The lowest BCUT2D eigenvalue weighted by atomic mass is 10.6. The Bertz CT molecular complexity index is 312. The SMILES string of the molecule is CC(C)S(=O)(=O)c1ncc[nH]1. The Morgan fingerprint density at radius 1 is 1.55 bits per heavy atom. The zero-order chi connectivity index (χ0) is 8.48. The predicted octanol–water partition coefficient (Wildman–Crippen LogP) is 0.592. The van der Waals surface area contributed by atoms with E-state index in [1.807, 2.05) is 0 Å². The fraction of sp³-hybridized carbons (Fsp3) is 0.500. The molecule has 11 heavy (non-hydrogen) atoms. The van der Waals surface area contributed by atoms with Gasteiger partial charge in [0.2, 0.25) is 15.0 Å². The molecule has 62 valence electrons. The van der Waals surface area contributed by atoms with E-state index < -0.39 is 15.1 Å². The van der Waals surface area contributed by atoms with E-state index in [9.17, 15) is 8.42 Å². The number of hydrogen-bond donors (Lipinski definition) is 1. The molecule has 4 nitrogen and oxygen atoms in total. The van der Waals surface area contributed by atoms with Crippen LogP contribution in [0.5, 0.6) is 0 Å². The molecule has 1 heterocycles. The van der Waals surface area contributed by atoms with Gasteiger partial charge >= 0.3 is 0 Å². The normalized spacial score (nSPS) is 12.3. The summed E-state index contributed by atoms with van der Waals surface area (Å²) in [6.45, 7) is 3.25. The van der Waals surface area contributed by atoms with Gasteiger partial charge < -0.3 is 4.98 Å². The minimum atomic E-state index is -3.20. The quantitative estimate of drug-likeness (QED) is 0.713. The van der Waals surface area contributed by atoms with Crippen molar-refractivity contribution in [2.24, 2.45) is 0 Å². The summed E-state index contributed by atoms with van der Waals surface area (Å²) in [6.07, 6.45) is 2.92. The second kappa shape index (κ2) is 2.65. The van der Waals surface area contributed by atoms with E-state index in [0.717, 1.165) is 0 Å². The summed E-state index contributed by atoms with van der Waals surface area (Å²) in [5.74, 6) is 0. The molecular formula is C6H10N2O2S. The zero-order valence-electron chi connectivity index (χ0n) is 6.40. The lowest BCUT2D eigenvalue weighted by Crippen LogP contribution is -2.15. The van der Waals surface area contributed by atoms with Crippen LogP contribution in [-0.2, 0) is 9.84 Å². The molecule has 0 saturated carbocycles. The van der Waals surface area contributed by atoms with Crippen LogP contribution < -0.4 is 0 Å². The first-order valence-electron chi connectivity index (χ1n) is 3.28. The number of nitrogens with one attached hydrogen (secondary N) is 1. The number of nitrogens with zero attached hydrogens (tertiary/aromatic N) is 1. The van der Waals surface area contributed by atoms with Gasteiger partial charge in [-0.05, 0) is 13.8 Å². The van der Waals surface area contributed by atoms with Crippen molar-refractivity contribution < 1.29 is 8.42 Å². The number of aromatic amines is 1. The van der Waals surface area contributed by atoms with Crippen LogP contribution >= 0.6 is 0 Å². The molecule has 0 aliphatic heterocycles. The van der Waals surface area contributed by atoms with Gasteiger partial charge in [-0.25, -0.2) is 13.4 Å². The van der Waals surface area contributed by atoms with Gasteiger partial charge in [-0.2, -0.15) is 0 Å². The Morgan fingerprint density at radius 2 is 2.18 bits per heavy atom. The smallest absolute Gasteiger partial charge is 0.225 e. The number of H-pyrrole nitrogens is 1. The number of rotatable bonds is 2. The Hall–Kier alpha value is -0.840. The molecule has 0 saturated heterocycles. The Labute approximate surface area is 65.6 Å². The molecule has 1 N–H and O–H groups in total. The van der Waals surface area contributed by atoms with Crippen LogP contribution in [0, 0.1) is 0 Å². The lowest BCUT2D eigenvalue weighted by Gasteiger charge is -2.02. The van der Waals surface area contributed by atoms with E-state index in [1.54, 1.807) is 13.8 Å². The highest BCUT2D eigenvalue weighted by Crippen LogP contribution is 2.09. The second-order valence-corrected chi connectivity index (χ2v) is 4.91. The molecule has 1 aromatic rings. The molecule has 0 spiro atoms. The van der Waals surface area contributed by atoms with E-state index in [-0.39, 0.29) is 5.16 Å². The van der Waals surface area contributed by atoms with Crippen molar-refractivity contribution in [3.63, 3.8) is 0 Å². The maximum atomic E-state index is 11.3. The van der Waals surface area contributed by atoms with Crippen molar-refractivity contribution in [3.8, 4) is 0 Å². The van der Waals surface area contributed by atoms with Gasteiger partial charge in [-0.3, -0.25) is 0 Å². The molecule has 0 radical (unpaired) electrons. The van der Waals surface area contributed by atoms with Gasteiger partial charge in [0.15, 0.2) is 0 Å². The van der Waals surface area contributed by atoms with E-state index in [1.165, 1.54) is 12.4 Å². The third kappa shape index (κ3) is 1.42. The van der Waals surface area contributed by atoms with Crippen molar-refractivity contribution in [2.45, 2.75) is 24.3 Å². The highest BCUT2D eigenvalue weighted by atomic mass is 32.2. The molecule has 1 rings (SSSR count). The van der Waals surface area contributed by atoms with Gasteiger partial charge in [0.25, 0.3) is 0 Å². The molecule has 0 fully saturated rings. The minimum absolute atomic E-state index is 0.0486. The molecule has 0 amide bonds. The van der Waals surface area contributed by atoms with E-state index in [4.69, 9.17) is 0 Å². The third-order valence-electron chi connectivity index (χ3n) is 1.36. The third-order valence-corrected chi connectivity index (χ3v) is 3.37. The first-order chi connectivity index (χ1) is 5.05. The molecule has 0 bridgehead atoms. The zero-order valence-corrected chi connectivity index (χ0v) is 7.22. The molecule has 0 atom stereocenters. The highest BCUT2D eigenvalue weighted by molar-refractivity contribution is 7.91. The monoisotopic (exact) mass is 174 g/mol. The average molecular weight is 174 g/mol. The number of sulfone groups is 1. The number of aromatic nitrogens is 2. The second-order valence-electron chi connectivity index (χ2n) is 2.49. The van der Waals surface area contributed by atoms with Crippen molar-refractivity contribution in [1.82, 2.24) is 9.97 Å². The molecule has 0 unspecified atom stereocenters. The Balaban J connectivity index is 3.12. The first kappa shape index (κ1) is 8.26. The van der Waals surface area contributed by atoms with Crippen LogP contribution in [0.2, 0.25) is 0 Å². The molecule has 0 aliphatic carbocycles. The largest absolute Gasteiger partial charge is 0.336 e. The number of imidazole rings is 1. The summed E-state index contributed by atoms with van der Waals surface area (Å²) in [5.41, 5.74) is 0. The van der Waals surface area contributed by atoms with Gasteiger partial charge in [0.1, 0.15) is 0 Å². The fourth-order valence-corrected chi connectivity index (χ4v) is 1.52. The molecule has 0 aliphatic rings. The van der Waals surface area contributed by atoms with Crippen molar-refractivity contribution in [1.29, 1.82) is 0 Å². The molecule has 5 heteroatoms. The molecule has 1 aromatic heterocycles. The summed E-state index contributed by atoms with van der Waals surface area (Å²) >= 11 is 0. The topological polar surface area (TPSA) is 62.8 Å². The molecule has 0 aromatic carbocycles. The summed E-state index contributed by atoms with van der Waals surface area (Å²) in [4.78, 5) is 6.23. The van der Waals surface area contributed by atoms with Gasteiger partial charge in [-0.1, -0.05) is 0 Å². The predicted molar refractivity (Wildman–Crippen MR) is 40.9 cm³/mol. The van der Waals surface area contributed by atoms with Gasteiger partial charge in [0.05, 0.1) is 5.25 Å². The van der Waals surface area contributed by atoms with Crippen LogP contribution in [-0.4, -0.2) is 23.6 Å². The Morgan fingerprint density at radius 3 is 2.55 bits per heavy atom. The minimum Gasteiger partial charge on any atom is -0.336 e. The van der Waals surface area contributed by atoms with Crippen LogP contribution in [0.15, 0.2) is 17.6 Å². The van der Waals surface area contributed by atoms with Crippen molar-refractivity contribution in [3.05, 3.63) is 12.4 Å².